The van der Waals surface area contributed by atoms with Crippen molar-refractivity contribution >= 4 is 11.6 Å². The third kappa shape index (κ3) is 2.06. The molecule has 4 heteroatoms. The predicted molar refractivity (Wildman–Crippen MR) is 73.9 cm³/mol. The zero-order chi connectivity index (χ0) is 13.3. The molecule has 1 aliphatic rings. The average molecular weight is 270 g/mol. The minimum Gasteiger partial charge on any atom is -0.492 e. The van der Waals surface area contributed by atoms with Crippen LogP contribution in [0, 0.1) is 6.92 Å². The second-order valence-electron chi connectivity index (χ2n) is 4.98. The Labute approximate surface area is 113 Å². The maximum absolute atomic E-state index is 6.21. The van der Waals surface area contributed by atoms with Crippen molar-refractivity contribution in [2.75, 3.05) is 20.8 Å². The van der Waals surface area contributed by atoms with Crippen LogP contribution in [0.5, 0.6) is 11.5 Å². The van der Waals surface area contributed by atoms with E-state index in [-0.39, 0.29) is 5.54 Å². The van der Waals surface area contributed by atoms with E-state index in [1.54, 1.807) is 14.2 Å². The highest BCUT2D eigenvalue weighted by Crippen LogP contribution is 2.46. The van der Waals surface area contributed by atoms with Crippen LogP contribution in [-0.2, 0) is 5.54 Å². The lowest BCUT2D eigenvalue weighted by Gasteiger charge is -2.30. The van der Waals surface area contributed by atoms with Crippen molar-refractivity contribution in [3.63, 3.8) is 0 Å². The molecule has 0 bridgehead atoms. The number of benzene rings is 1. The van der Waals surface area contributed by atoms with Gasteiger partial charge < -0.3 is 14.8 Å². The fourth-order valence-corrected chi connectivity index (χ4v) is 3.23. The maximum atomic E-state index is 6.21. The number of aryl methyl sites for hydroxylation is 1. The van der Waals surface area contributed by atoms with E-state index in [0.717, 1.165) is 29.8 Å². The largest absolute Gasteiger partial charge is 0.492 e. The molecule has 2 rings (SSSR count). The van der Waals surface area contributed by atoms with Crippen molar-refractivity contribution in [2.24, 2.45) is 0 Å². The molecule has 0 aromatic heterocycles. The van der Waals surface area contributed by atoms with Gasteiger partial charge in [-0.2, -0.15) is 0 Å². The fourth-order valence-electron chi connectivity index (χ4n) is 2.91. The minimum atomic E-state index is -0.0622. The second-order valence-corrected chi connectivity index (χ2v) is 5.39. The van der Waals surface area contributed by atoms with Gasteiger partial charge >= 0.3 is 0 Å². The SMILES string of the molecule is COc1c(Cl)cc(C)c(C2(C)CCCN2)c1OC. The highest BCUT2D eigenvalue weighted by Gasteiger charge is 2.36. The molecule has 1 atom stereocenters. The van der Waals surface area contributed by atoms with Crippen LogP contribution >= 0.6 is 11.6 Å². The van der Waals surface area contributed by atoms with Gasteiger partial charge in [-0.05, 0) is 44.9 Å². The average Bonchev–Trinajstić information content (AvgIpc) is 2.75. The Morgan fingerprint density at radius 1 is 1.28 bits per heavy atom. The Balaban J connectivity index is 2.65. The van der Waals surface area contributed by atoms with Crippen molar-refractivity contribution in [1.29, 1.82) is 0 Å². The van der Waals surface area contributed by atoms with Gasteiger partial charge in [0.25, 0.3) is 0 Å². The molecule has 1 aromatic rings. The molecule has 1 saturated heterocycles. The molecule has 18 heavy (non-hydrogen) atoms. The first-order valence-electron chi connectivity index (χ1n) is 6.20. The Hall–Kier alpha value is -0.930. The van der Waals surface area contributed by atoms with E-state index in [4.69, 9.17) is 21.1 Å². The number of halogens is 1. The van der Waals surface area contributed by atoms with Crippen LogP contribution in [0.2, 0.25) is 5.02 Å². The monoisotopic (exact) mass is 269 g/mol. The maximum Gasteiger partial charge on any atom is 0.179 e. The van der Waals surface area contributed by atoms with Gasteiger partial charge in [-0.25, -0.2) is 0 Å². The summed E-state index contributed by atoms with van der Waals surface area (Å²) in [6.07, 6.45) is 2.26. The van der Waals surface area contributed by atoms with Crippen LogP contribution in [0.25, 0.3) is 0 Å². The van der Waals surface area contributed by atoms with E-state index < -0.39 is 0 Å². The minimum absolute atomic E-state index is 0.0622. The number of ether oxygens (including phenoxy) is 2. The number of methoxy groups -OCH3 is 2. The zero-order valence-electron chi connectivity index (χ0n) is 11.4. The summed E-state index contributed by atoms with van der Waals surface area (Å²) in [5.41, 5.74) is 2.23. The summed E-state index contributed by atoms with van der Waals surface area (Å²) in [6.45, 7) is 5.30. The highest BCUT2D eigenvalue weighted by molar-refractivity contribution is 6.32. The molecule has 1 N–H and O–H groups in total. The molecule has 0 aliphatic carbocycles. The molecule has 0 spiro atoms. The number of rotatable bonds is 3. The Morgan fingerprint density at radius 3 is 2.44 bits per heavy atom. The zero-order valence-corrected chi connectivity index (χ0v) is 12.1. The molecule has 0 amide bonds. The molecule has 1 aromatic carbocycles. The van der Waals surface area contributed by atoms with Crippen LogP contribution in [0.3, 0.4) is 0 Å². The second kappa shape index (κ2) is 4.98. The summed E-state index contributed by atoms with van der Waals surface area (Å²) in [4.78, 5) is 0. The Kier molecular flexibility index (Phi) is 3.74. The quantitative estimate of drug-likeness (QED) is 0.914. The van der Waals surface area contributed by atoms with Crippen LogP contribution in [-0.4, -0.2) is 20.8 Å². The summed E-state index contributed by atoms with van der Waals surface area (Å²) >= 11 is 6.21. The van der Waals surface area contributed by atoms with E-state index >= 15 is 0 Å². The molecule has 3 nitrogen and oxygen atoms in total. The van der Waals surface area contributed by atoms with Gasteiger partial charge in [0.2, 0.25) is 0 Å². The van der Waals surface area contributed by atoms with Gasteiger partial charge in [0.1, 0.15) is 0 Å². The van der Waals surface area contributed by atoms with Crippen molar-refractivity contribution < 1.29 is 9.47 Å². The van der Waals surface area contributed by atoms with E-state index in [2.05, 4.69) is 19.2 Å². The van der Waals surface area contributed by atoms with Crippen LogP contribution in [0.15, 0.2) is 6.07 Å². The standard InChI is InChI=1S/C14H20ClNO2/c1-9-8-10(15)12(17-3)13(18-4)11(9)14(2)6-5-7-16-14/h8,16H,5-7H2,1-4H3. The first-order chi connectivity index (χ1) is 8.53. The van der Waals surface area contributed by atoms with Crippen molar-refractivity contribution in [3.05, 3.63) is 22.2 Å². The number of nitrogens with one attached hydrogen (secondary N) is 1. The first kappa shape index (κ1) is 13.5. The van der Waals surface area contributed by atoms with Crippen molar-refractivity contribution in [1.82, 2.24) is 5.32 Å². The lowest BCUT2D eigenvalue weighted by molar-refractivity contribution is 0.333. The molecular formula is C14H20ClNO2. The van der Waals surface area contributed by atoms with E-state index in [1.165, 1.54) is 6.42 Å². The number of hydrogen-bond acceptors (Lipinski definition) is 3. The summed E-state index contributed by atoms with van der Waals surface area (Å²) in [7, 11) is 3.28. The third-order valence-electron chi connectivity index (χ3n) is 3.72. The van der Waals surface area contributed by atoms with Gasteiger partial charge in [-0.1, -0.05) is 11.6 Å². The summed E-state index contributed by atoms with van der Waals surface area (Å²) < 4.78 is 10.9. The van der Waals surface area contributed by atoms with E-state index in [9.17, 15) is 0 Å². The third-order valence-corrected chi connectivity index (χ3v) is 4.00. The predicted octanol–water partition coefficient (Wildman–Crippen LogP) is 3.26. The Bertz CT molecular complexity index is 454. The fraction of sp³-hybridized carbons (Fsp3) is 0.571. The van der Waals surface area contributed by atoms with Crippen molar-refractivity contribution in [2.45, 2.75) is 32.2 Å². The van der Waals surface area contributed by atoms with Gasteiger partial charge in [-0.3, -0.25) is 0 Å². The van der Waals surface area contributed by atoms with Gasteiger partial charge in [-0.15, -0.1) is 0 Å². The summed E-state index contributed by atoms with van der Waals surface area (Å²) in [6, 6.07) is 1.95. The van der Waals surface area contributed by atoms with Crippen LogP contribution in [0.4, 0.5) is 0 Å². The van der Waals surface area contributed by atoms with E-state index in [0.29, 0.717) is 10.8 Å². The van der Waals surface area contributed by atoms with Crippen LogP contribution in [0.1, 0.15) is 30.9 Å². The molecule has 0 saturated carbocycles. The molecular weight excluding hydrogens is 250 g/mol. The first-order valence-corrected chi connectivity index (χ1v) is 6.58. The van der Waals surface area contributed by atoms with Gasteiger partial charge in [0.15, 0.2) is 11.5 Å². The number of hydrogen-bond donors (Lipinski definition) is 1. The summed E-state index contributed by atoms with van der Waals surface area (Å²) in [5.74, 6) is 1.37. The lowest BCUT2D eigenvalue weighted by atomic mass is 9.86. The molecule has 1 heterocycles. The Morgan fingerprint density at radius 2 is 1.94 bits per heavy atom. The van der Waals surface area contributed by atoms with E-state index in [1.807, 2.05) is 6.07 Å². The molecule has 1 fully saturated rings. The highest BCUT2D eigenvalue weighted by atomic mass is 35.5. The lowest BCUT2D eigenvalue weighted by Crippen LogP contribution is -2.34. The topological polar surface area (TPSA) is 30.5 Å². The molecule has 1 unspecified atom stereocenters. The van der Waals surface area contributed by atoms with Gasteiger partial charge in [0.05, 0.1) is 19.2 Å². The van der Waals surface area contributed by atoms with Gasteiger partial charge in [0, 0.05) is 11.1 Å². The normalized spacial score (nSPS) is 23.2. The molecule has 0 radical (unpaired) electrons. The van der Waals surface area contributed by atoms with Crippen molar-refractivity contribution in [3.8, 4) is 11.5 Å². The summed E-state index contributed by atoms with van der Waals surface area (Å²) in [5, 5.41) is 4.15. The molecule has 1 aliphatic heterocycles. The smallest absolute Gasteiger partial charge is 0.179 e. The molecule has 100 valence electrons. The van der Waals surface area contributed by atoms with Crippen LogP contribution < -0.4 is 14.8 Å².